The number of aromatic nitrogens is 5. The molecule has 5 heteroatoms. The highest BCUT2D eigenvalue weighted by molar-refractivity contribution is 6.09. The SMILES string of the molecule is CC1C=C(c2cccc(-c3cc(-c4cccc(-c5ccnc6ccccc56)c4)nc(-c4ccccc4)n3)c2)C=CC1c1cc(-c2cccc3c2CCCC3)c2ccc3ccc(C4(C)C=CC=CC4)nc3c2n1. The van der Waals surface area contributed by atoms with Crippen molar-refractivity contribution in [1.29, 1.82) is 0 Å². The fourth-order valence-corrected chi connectivity index (χ4v) is 11.5. The van der Waals surface area contributed by atoms with Crippen molar-refractivity contribution in [3.63, 3.8) is 0 Å². The number of nitrogens with zero attached hydrogens (tertiary/aromatic N) is 5. The van der Waals surface area contributed by atoms with E-state index >= 15 is 0 Å². The van der Waals surface area contributed by atoms with Crippen molar-refractivity contribution in [1.82, 2.24) is 24.9 Å². The Morgan fingerprint density at radius 2 is 1.31 bits per heavy atom. The van der Waals surface area contributed by atoms with Gasteiger partial charge in [0.2, 0.25) is 0 Å². The number of para-hydroxylation sites is 1. The molecule has 5 nitrogen and oxygen atoms in total. The third kappa shape index (κ3) is 7.96. The maximum atomic E-state index is 5.65. The average molecular weight is 928 g/mol. The van der Waals surface area contributed by atoms with Crippen LogP contribution in [0.2, 0.25) is 0 Å². The summed E-state index contributed by atoms with van der Waals surface area (Å²) in [7, 11) is 0. The maximum Gasteiger partial charge on any atom is 0.160 e. The van der Waals surface area contributed by atoms with E-state index in [0.29, 0.717) is 5.82 Å². The van der Waals surface area contributed by atoms with E-state index < -0.39 is 0 Å². The second-order valence-corrected chi connectivity index (χ2v) is 20.1. The summed E-state index contributed by atoms with van der Waals surface area (Å²) in [6.07, 6.45) is 23.5. The summed E-state index contributed by atoms with van der Waals surface area (Å²) in [6.45, 7) is 4.63. The van der Waals surface area contributed by atoms with Gasteiger partial charge in [0.25, 0.3) is 0 Å². The smallest absolute Gasteiger partial charge is 0.160 e. The Bertz CT molecular complexity index is 3890. The van der Waals surface area contributed by atoms with Crippen molar-refractivity contribution in [3.05, 3.63) is 241 Å². The number of benzene rings is 6. The van der Waals surface area contributed by atoms with Gasteiger partial charge in [0.05, 0.1) is 33.6 Å². The Balaban J connectivity index is 0.880. The molecule has 0 saturated heterocycles. The number of fused-ring (bicyclic) bond motifs is 5. The van der Waals surface area contributed by atoms with Crippen molar-refractivity contribution in [2.75, 3.05) is 0 Å². The van der Waals surface area contributed by atoms with Gasteiger partial charge in [-0.1, -0.05) is 178 Å². The van der Waals surface area contributed by atoms with Crippen LogP contribution in [0, 0.1) is 5.92 Å². The third-order valence-electron chi connectivity index (χ3n) is 15.4. The zero-order valence-corrected chi connectivity index (χ0v) is 40.6. The van der Waals surface area contributed by atoms with E-state index in [4.69, 9.17) is 19.9 Å². The molecule has 0 aliphatic heterocycles. The van der Waals surface area contributed by atoms with Crippen LogP contribution in [0.15, 0.2) is 213 Å². The molecule has 72 heavy (non-hydrogen) atoms. The van der Waals surface area contributed by atoms with Crippen LogP contribution in [-0.4, -0.2) is 24.9 Å². The molecule has 0 spiro atoms. The predicted molar refractivity (Wildman–Crippen MR) is 297 cm³/mol. The van der Waals surface area contributed by atoms with Crippen molar-refractivity contribution in [3.8, 4) is 56.2 Å². The summed E-state index contributed by atoms with van der Waals surface area (Å²) >= 11 is 0. The van der Waals surface area contributed by atoms with Gasteiger partial charge in [-0.2, -0.15) is 0 Å². The van der Waals surface area contributed by atoms with Crippen LogP contribution >= 0.6 is 0 Å². The van der Waals surface area contributed by atoms with E-state index in [2.05, 4.69) is 201 Å². The van der Waals surface area contributed by atoms with Crippen molar-refractivity contribution in [2.24, 2.45) is 5.92 Å². The van der Waals surface area contributed by atoms with Gasteiger partial charge in [-0.15, -0.1) is 0 Å². The largest absolute Gasteiger partial charge is 0.256 e. The minimum Gasteiger partial charge on any atom is -0.256 e. The zero-order valence-electron chi connectivity index (χ0n) is 40.6. The van der Waals surface area contributed by atoms with Crippen LogP contribution in [0.1, 0.15) is 67.1 Å². The van der Waals surface area contributed by atoms with Crippen molar-refractivity contribution in [2.45, 2.75) is 57.3 Å². The number of rotatable bonds is 8. The fraction of sp³-hybridized carbons (Fsp3) is 0.149. The van der Waals surface area contributed by atoms with E-state index in [1.807, 2.05) is 30.5 Å². The Kier molecular flexibility index (Phi) is 10.9. The number of allylic oxidation sites excluding steroid dienone is 8. The lowest BCUT2D eigenvalue weighted by Gasteiger charge is -2.27. The molecule has 0 N–H and O–H groups in total. The number of aryl methyl sites for hydroxylation is 1. The molecule has 0 fully saturated rings. The van der Waals surface area contributed by atoms with Crippen LogP contribution < -0.4 is 0 Å². The molecule has 4 heterocycles. The number of hydrogen-bond acceptors (Lipinski definition) is 5. The van der Waals surface area contributed by atoms with Gasteiger partial charge in [-0.25, -0.2) is 19.9 Å². The second kappa shape index (κ2) is 18.1. The molecule has 0 radical (unpaired) electrons. The molecular formula is C67H53N5. The molecule has 3 aliphatic carbocycles. The van der Waals surface area contributed by atoms with Crippen molar-refractivity contribution < 1.29 is 0 Å². The molecule has 6 aromatic carbocycles. The summed E-state index contributed by atoms with van der Waals surface area (Å²) in [5.74, 6) is 0.935. The first-order chi connectivity index (χ1) is 35.4. The minimum atomic E-state index is -0.175. The standard InChI is InChI=1S/C67H53N5/c1-43-38-48(47-20-13-22-50(39-47)60-42-61(71-66(70-60)46-17-5-3-6-18-46)51-23-14-21-49(40-51)54-34-37-68-59-27-10-9-25-56(54)59)29-31-52(43)62-41-58(55-26-15-19-44-16-7-8-24-53(44)55)57-32-28-45-30-33-63(72-64(45)65(57)69-62)67(2)35-11-4-12-36-67/h3-6,9-15,17-23,25-35,37-43,52H,7-8,16,24,36H2,1-2H3. The Labute approximate surface area is 421 Å². The van der Waals surface area contributed by atoms with Gasteiger partial charge in [0.1, 0.15) is 0 Å². The lowest BCUT2D eigenvalue weighted by atomic mass is 9.80. The van der Waals surface area contributed by atoms with Gasteiger partial charge >= 0.3 is 0 Å². The Morgan fingerprint density at radius 3 is 2.14 bits per heavy atom. The quantitative estimate of drug-likeness (QED) is 0.142. The zero-order chi connectivity index (χ0) is 48.2. The Hall–Kier alpha value is -8.41. The molecule has 346 valence electrons. The molecule has 0 amide bonds. The lowest BCUT2D eigenvalue weighted by Crippen LogP contribution is -2.21. The molecule has 3 aliphatic rings. The first-order valence-electron chi connectivity index (χ1n) is 25.5. The lowest BCUT2D eigenvalue weighted by molar-refractivity contribution is 0.582. The molecule has 0 saturated carbocycles. The maximum absolute atomic E-state index is 5.65. The molecule has 0 bridgehead atoms. The van der Waals surface area contributed by atoms with Gasteiger partial charge in [-0.3, -0.25) is 4.98 Å². The first kappa shape index (κ1) is 43.6. The topological polar surface area (TPSA) is 64.5 Å². The van der Waals surface area contributed by atoms with Crippen LogP contribution in [0.4, 0.5) is 0 Å². The van der Waals surface area contributed by atoms with Crippen molar-refractivity contribution >= 4 is 38.3 Å². The van der Waals surface area contributed by atoms with Crippen LogP contribution in [0.5, 0.6) is 0 Å². The molecule has 3 atom stereocenters. The molecule has 13 rings (SSSR count). The number of pyridine rings is 3. The van der Waals surface area contributed by atoms with Gasteiger partial charge in [-0.05, 0) is 125 Å². The second-order valence-electron chi connectivity index (χ2n) is 20.1. The Morgan fingerprint density at radius 1 is 0.556 bits per heavy atom. The van der Waals surface area contributed by atoms with Gasteiger partial charge < -0.3 is 0 Å². The number of hydrogen-bond donors (Lipinski definition) is 0. The van der Waals surface area contributed by atoms with E-state index in [1.54, 1.807) is 0 Å². The summed E-state index contributed by atoms with van der Waals surface area (Å²) in [6, 6.07) is 58.6. The monoisotopic (exact) mass is 927 g/mol. The molecule has 4 aromatic heterocycles. The van der Waals surface area contributed by atoms with E-state index in [-0.39, 0.29) is 17.3 Å². The summed E-state index contributed by atoms with van der Waals surface area (Å²) in [5.41, 5.74) is 19.8. The average Bonchev–Trinajstić information content (AvgIpc) is 3.44. The third-order valence-corrected chi connectivity index (χ3v) is 15.4. The van der Waals surface area contributed by atoms with E-state index in [0.717, 1.165) is 108 Å². The summed E-state index contributed by atoms with van der Waals surface area (Å²) in [5, 5.41) is 3.40. The van der Waals surface area contributed by atoms with Crippen LogP contribution in [-0.2, 0) is 18.3 Å². The van der Waals surface area contributed by atoms with Crippen LogP contribution in [0.25, 0.3) is 94.4 Å². The van der Waals surface area contributed by atoms with E-state index in [9.17, 15) is 0 Å². The van der Waals surface area contributed by atoms with E-state index in [1.165, 1.54) is 40.7 Å². The van der Waals surface area contributed by atoms with Gasteiger partial charge in [0, 0.05) is 56.1 Å². The highest BCUT2D eigenvalue weighted by Gasteiger charge is 2.28. The molecule has 3 unspecified atom stereocenters. The summed E-state index contributed by atoms with van der Waals surface area (Å²) in [4.78, 5) is 26.2. The molecule has 10 aromatic rings. The van der Waals surface area contributed by atoms with Gasteiger partial charge in [0.15, 0.2) is 5.82 Å². The predicted octanol–water partition coefficient (Wildman–Crippen LogP) is 16.5. The fourth-order valence-electron chi connectivity index (χ4n) is 11.5. The highest BCUT2D eigenvalue weighted by Crippen LogP contribution is 2.43. The summed E-state index contributed by atoms with van der Waals surface area (Å²) < 4.78 is 0. The first-order valence-corrected chi connectivity index (χ1v) is 25.5. The molecular weight excluding hydrogens is 875 g/mol. The minimum absolute atomic E-state index is 0.0701. The normalized spacial score (nSPS) is 18.4. The van der Waals surface area contributed by atoms with Crippen LogP contribution in [0.3, 0.4) is 0 Å². The highest BCUT2D eigenvalue weighted by atomic mass is 14.9.